The van der Waals surface area contributed by atoms with Crippen molar-refractivity contribution in [2.45, 2.75) is 12.3 Å². The number of carbonyl (C=O) groups is 1. The summed E-state index contributed by atoms with van der Waals surface area (Å²) in [4.78, 5) is 15.6. The number of aromatic nitrogens is 3. The molecule has 6 nitrogen and oxygen atoms in total. The predicted octanol–water partition coefficient (Wildman–Crippen LogP) is 1.33. The van der Waals surface area contributed by atoms with Gasteiger partial charge < -0.3 is 0 Å². The molecule has 1 aliphatic carbocycles. The van der Waals surface area contributed by atoms with Gasteiger partial charge in [0, 0.05) is 17.4 Å². The highest BCUT2D eigenvalue weighted by molar-refractivity contribution is 5.83. The molecule has 3 N–H and O–H groups in total. The number of H-pyrrole nitrogens is 1. The van der Waals surface area contributed by atoms with Crippen molar-refractivity contribution in [3.05, 3.63) is 41.7 Å². The highest BCUT2D eigenvalue weighted by Gasteiger charge is 2.46. The lowest BCUT2D eigenvalue weighted by Gasteiger charge is -2.06. The van der Waals surface area contributed by atoms with Gasteiger partial charge in [-0.25, -0.2) is 13.9 Å². The van der Waals surface area contributed by atoms with Crippen LogP contribution in [0.25, 0.3) is 0 Å². The van der Waals surface area contributed by atoms with E-state index in [1.807, 2.05) is 0 Å². The number of benzene rings is 1. The molecule has 0 saturated heterocycles. The Kier molecular flexibility index (Phi) is 3.05. The number of aromatic amines is 1. The first-order valence-corrected chi connectivity index (χ1v) is 6.02. The molecule has 20 heavy (non-hydrogen) atoms. The van der Waals surface area contributed by atoms with Crippen molar-refractivity contribution >= 4 is 11.9 Å². The standard InChI is InChI=1S/C12H11F2N5O/c13-8-2-1-3-9(14)10(8)6-4-7(6)11(20)17-19-12-15-5-16-18-12/h1-3,5-7H,4H2,(H,17,20)(H2,15,16,18,19)/t6-,7+/m0/s1. The molecular formula is C12H11F2N5O. The van der Waals surface area contributed by atoms with Gasteiger partial charge in [-0.15, -0.1) is 0 Å². The van der Waals surface area contributed by atoms with Gasteiger partial charge in [0.2, 0.25) is 11.9 Å². The van der Waals surface area contributed by atoms with Gasteiger partial charge in [0.1, 0.15) is 18.0 Å². The summed E-state index contributed by atoms with van der Waals surface area (Å²) in [5.74, 6) is -2.16. The lowest BCUT2D eigenvalue weighted by molar-refractivity contribution is -0.121. The molecule has 1 amide bonds. The van der Waals surface area contributed by atoms with E-state index < -0.39 is 23.5 Å². The van der Waals surface area contributed by atoms with Crippen molar-refractivity contribution in [1.29, 1.82) is 0 Å². The molecule has 2 atom stereocenters. The minimum absolute atomic E-state index is 0.0210. The van der Waals surface area contributed by atoms with Gasteiger partial charge in [-0.2, -0.15) is 10.1 Å². The number of amides is 1. The van der Waals surface area contributed by atoms with E-state index in [9.17, 15) is 13.6 Å². The van der Waals surface area contributed by atoms with Gasteiger partial charge in [-0.3, -0.25) is 15.6 Å². The number of hydrazine groups is 1. The Bertz CT molecular complexity index is 611. The van der Waals surface area contributed by atoms with E-state index in [1.165, 1.54) is 24.5 Å². The van der Waals surface area contributed by atoms with Crippen LogP contribution in [-0.4, -0.2) is 21.1 Å². The van der Waals surface area contributed by atoms with Crippen molar-refractivity contribution in [3.8, 4) is 0 Å². The van der Waals surface area contributed by atoms with Crippen LogP contribution in [0.1, 0.15) is 17.9 Å². The Labute approximate surface area is 112 Å². The zero-order valence-corrected chi connectivity index (χ0v) is 10.2. The zero-order valence-electron chi connectivity index (χ0n) is 10.2. The smallest absolute Gasteiger partial charge is 0.242 e. The topological polar surface area (TPSA) is 82.7 Å². The molecule has 104 valence electrons. The van der Waals surface area contributed by atoms with Crippen molar-refractivity contribution in [2.75, 3.05) is 5.43 Å². The molecule has 0 aliphatic heterocycles. The van der Waals surface area contributed by atoms with Gasteiger partial charge in [-0.1, -0.05) is 6.07 Å². The Morgan fingerprint density at radius 1 is 1.35 bits per heavy atom. The molecular weight excluding hydrogens is 268 g/mol. The quantitative estimate of drug-likeness (QED) is 0.737. The van der Waals surface area contributed by atoms with E-state index in [4.69, 9.17) is 0 Å². The van der Waals surface area contributed by atoms with E-state index in [0.717, 1.165) is 0 Å². The number of anilines is 1. The number of nitrogens with one attached hydrogen (secondary N) is 3. The van der Waals surface area contributed by atoms with Crippen molar-refractivity contribution in [3.63, 3.8) is 0 Å². The SMILES string of the molecule is O=C(NNc1ncn[nH]1)[C@@H]1C[C@@H]1c1c(F)cccc1F. The zero-order chi connectivity index (χ0) is 14.1. The molecule has 1 aromatic carbocycles. The van der Waals surface area contributed by atoms with E-state index >= 15 is 0 Å². The van der Waals surface area contributed by atoms with E-state index in [1.54, 1.807) is 0 Å². The molecule has 1 saturated carbocycles. The van der Waals surface area contributed by atoms with E-state index in [0.29, 0.717) is 6.42 Å². The Morgan fingerprint density at radius 2 is 2.10 bits per heavy atom. The third-order valence-electron chi connectivity index (χ3n) is 3.22. The number of hydrogen-bond donors (Lipinski definition) is 3. The second-order valence-corrected chi connectivity index (χ2v) is 4.53. The summed E-state index contributed by atoms with van der Waals surface area (Å²) in [7, 11) is 0. The molecule has 2 aromatic rings. The molecule has 0 radical (unpaired) electrons. The first-order valence-electron chi connectivity index (χ1n) is 6.02. The normalized spacial score (nSPS) is 20.5. The number of nitrogens with zero attached hydrogens (tertiary/aromatic N) is 2. The summed E-state index contributed by atoms with van der Waals surface area (Å²) in [6.45, 7) is 0. The summed E-state index contributed by atoms with van der Waals surface area (Å²) in [6.07, 6.45) is 1.70. The van der Waals surface area contributed by atoms with Gasteiger partial charge >= 0.3 is 0 Å². The van der Waals surface area contributed by atoms with Crippen molar-refractivity contribution in [2.24, 2.45) is 5.92 Å². The summed E-state index contributed by atoms with van der Waals surface area (Å²) >= 11 is 0. The average Bonchev–Trinajstić information content (AvgIpc) is 3.02. The van der Waals surface area contributed by atoms with Crippen LogP contribution in [0.4, 0.5) is 14.7 Å². The molecule has 0 spiro atoms. The number of hydrogen-bond acceptors (Lipinski definition) is 4. The second kappa shape index (κ2) is 4.87. The highest BCUT2D eigenvalue weighted by atomic mass is 19.1. The molecule has 0 bridgehead atoms. The summed E-state index contributed by atoms with van der Waals surface area (Å²) < 4.78 is 27.2. The molecule has 1 aromatic heterocycles. The highest BCUT2D eigenvalue weighted by Crippen LogP contribution is 2.49. The maximum absolute atomic E-state index is 13.6. The Hall–Kier alpha value is -2.51. The van der Waals surface area contributed by atoms with Crippen molar-refractivity contribution in [1.82, 2.24) is 20.6 Å². The van der Waals surface area contributed by atoms with Crippen LogP contribution < -0.4 is 10.9 Å². The molecule has 8 heteroatoms. The monoisotopic (exact) mass is 279 g/mol. The van der Waals surface area contributed by atoms with E-state index in [2.05, 4.69) is 26.0 Å². The third kappa shape index (κ3) is 2.31. The fraction of sp³-hybridized carbons (Fsp3) is 0.250. The number of rotatable bonds is 4. The molecule has 1 heterocycles. The summed E-state index contributed by atoms with van der Waals surface area (Å²) in [5.41, 5.74) is 4.93. The third-order valence-corrected chi connectivity index (χ3v) is 3.22. The summed E-state index contributed by atoms with van der Waals surface area (Å²) in [5, 5.41) is 6.10. The van der Waals surface area contributed by atoms with Crippen LogP contribution in [0.2, 0.25) is 0 Å². The Morgan fingerprint density at radius 3 is 2.75 bits per heavy atom. The fourth-order valence-electron chi connectivity index (χ4n) is 2.15. The number of halogens is 2. The van der Waals surface area contributed by atoms with Crippen LogP contribution in [0, 0.1) is 17.6 Å². The predicted molar refractivity (Wildman–Crippen MR) is 65.4 cm³/mol. The largest absolute Gasteiger partial charge is 0.273 e. The number of carbonyl (C=O) groups excluding carboxylic acids is 1. The van der Waals surface area contributed by atoms with Gasteiger partial charge in [0.05, 0.1) is 0 Å². The first-order chi connectivity index (χ1) is 9.66. The van der Waals surface area contributed by atoms with Crippen LogP contribution in [0.5, 0.6) is 0 Å². The van der Waals surface area contributed by atoms with Gasteiger partial charge in [0.15, 0.2) is 0 Å². The maximum Gasteiger partial charge on any atom is 0.242 e. The van der Waals surface area contributed by atoms with Crippen molar-refractivity contribution < 1.29 is 13.6 Å². The molecule has 1 fully saturated rings. The van der Waals surface area contributed by atoms with Gasteiger partial charge in [-0.05, 0) is 18.6 Å². The van der Waals surface area contributed by atoms with Crippen LogP contribution >= 0.6 is 0 Å². The summed E-state index contributed by atoms with van der Waals surface area (Å²) in [6, 6.07) is 3.69. The minimum Gasteiger partial charge on any atom is -0.273 e. The molecule has 0 unspecified atom stereocenters. The second-order valence-electron chi connectivity index (χ2n) is 4.53. The lowest BCUT2D eigenvalue weighted by atomic mass is 10.1. The maximum atomic E-state index is 13.6. The first kappa shape index (κ1) is 12.5. The Balaban J connectivity index is 1.62. The van der Waals surface area contributed by atoms with Gasteiger partial charge in [0.25, 0.3) is 0 Å². The average molecular weight is 279 g/mol. The minimum atomic E-state index is -0.617. The lowest BCUT2D eigenvalue weighted by Crippen LogP contribution is -2.31. The molecule has 1 aliphatic rings. The fourth-order valence-corrected chi connectivity index (χ4v) is 2.15. The molecule has 3 rings (SSSR count). The van der Waals surface area contributed by atoms with Crippen LogP contribution in [0.3, 0.4) is 0 Å². The van der Waals surface area contributed by atoms with Crippen LogP contribution in [-0.2, 0) is 4.79 Å². The van der Waals surface area contributed by atoms with Crippen LogP contribution in [0.15, 0.2) is 24.5 Å². The van der Waals surface area contributed by atoms with E-state index in [-0.39, 0.29) is 17.4 Å².